The van der Waals surface area contributed by atoms with Gasteiger partial charge in [0.2, 0.25) is 10.0 Å². The summed E-state index contributed by atoms with van der Waals surface area (Å²) >= 11 is 0. The summed E-state index contributed by atoms with van der Waals surface area (Å²) in [6.07, 6.45) is 2.39. The van der Waals surface area contributed by atoms with E-state index in [1.807, 2.05) is 4.72 Å². The second-order valence-corrected chi connectivity index (χ2v) is 5.56. The molecule has 0 saturated heterocycles. The average Bonchev–Trinajstić information content (AvgIpc) is 2.80. The van der Waals surface area contributed by atoms with Gasteiger partial charge in [-0.2, -0.15) is 4.72 Å². The van der Waals surface area contributed by atoms with E-state index in [1.165, 1.54) is 18.5 Å². The minimum atomic E-state index is -3.92. The first kappa shape index (κ1) is 15.2. The molecule has 1 atom stereocenters. The lowest BCUT2D eigenvalue weighted by molar-refractivity contribution is -0.140. The maximum atomic E-state index is 11.8. The normalized spacial score (nSPS) is 13.1. The molecule has 0 aliphatic carbocycles. The number of sulfonamides is 1. The van der Waals surface area contributed by atoms with Crippen LogP contribution in [0.1, 0.15) is 19.3 Å². The molecule has 1 heterocycles. The molecule has 19 heavy (non-hydrogen) atoms. The van der Waals surface area contributed by atoms with Gasteiger partial charge in [-0.15, -0.1) is 0 Å². The van der Waals surface area contributed by atoms with Crippen molar-refractivity contribution >= 4 is 22.0 Å². The lowest BCUT2D eigenvalue weighted by atomic mass is 10.1. The molecule has 9 heteroatoms. The van der Waals surface area contributed by atoms with Gasteiger partial charge in [0.25, 0.3) is 0 Å². The van der Waals surface area contributed by atoms with Gasteiger partial charge in [0.1, 0.15) is 6.04 Å². The fourth-order valence-electron chi connectivity index (χ4n) is 1.42. The van der Waals surface area contributed by atoms with E-state index in [9.17, 15) is 18.0 Å². The first-order valence-electron chi connectivity index (χ1n) is 5.42. The Morgan fingerprint density at radius 3 is 2.53 bits per heavy atom. The average molecular weight is 290 g/mol. The number of hydrogen-bond donors (Lipinski definition) is 4. The van der Waals surface area contributed by atoms with E-state index in [-0.39, 0.29) is 24.2 Å². The van der Waals surface area contributed by atoms with Crippen LogP contribution in [0, 0.1) is 0 Å². The van der Waals surface area contributed by atoms with Crippen LogP contribution in [0.3, 0.4) is 0 Å². The Labute approximate surface area is 109 Å². The Bertz CT molecular complexity index is 536. The molecule has 0 radical (unpaired) electrons. The Morgan fingerprint density at radius 2 is 2.05 bits per heavy atom. The summed E-state index contributed by atoms with van der Waals surface area (Å²) in [6.45, 7) is 0. The van der Waals surface area contributed by atoms with E-state index >= 15 is 0 Å². The summed E-state index contributed by atoms with van der Waals surface area (Å²) in [5, 5.41) is 17.4. The third-order valence-electron chi connectivity index (χ3n) is 2.36. The van der Waals surface area contributed by atoms with Crippen molar-refractivity contribution < 1.29 is 28.2 Å². The second-order valence-electron chi connectivity index (χ2n) is 3.84. The number of aromatic nitrogens is 1. The van der Waals surface area contributed by atoms with Crippen molar-refractivity contribution in [2.75, 3.05) is 0 Å². The minimum Gasteiger partial charge on any atom is -0.481 e. The maximum absolute atomic E-state index is 11.8. The summed E-state index contributed by atoms with van der Waals surface area (Å²) in [5.41, 5.74) is 0. The van der Waals surface area contributed by atoms with E-state index in [0.29, 0.717) is 0 Å². The predicted octanol–water partition coefficient (Wildman–Crippen LogP) is 0.00110. The first-order valence-corrected chi connectivity index (χ1v) is 6.91. The van der Waals surface area contributed by atoms with Crippen LogP contribution in [0.5, 0.6) is 0 Å². The highest BCUT2D eigenvalue weighted by atomic mass is 32.2. The third kappa shape index (κ3) is 4.72. The molecule has 0 fully saturated rings. The van der Waals surface area contributed by atoms with Gasteiger partial charge in [0.05, 0.1) is 4.90 Å². The maximum Gasteiger partial charge on any atom is 0.321 e. The minimum absolute atomic E-state index is 0.0714. The van der Waals surface area contributed by atoms with E-state index in [0.717, 1.165) is 0 Å². The standard InChI is InChI=1S/C10H14N2O6S/c13-9(14)3-1-2-8(10(15)16)12-19(17,18)7-4-5-11-6-7/h4-6,8,11-12H,1-3H2,(H,13,14)(H,15,16)/t8-/m1/s1. The number of H-pyrrole nitrogens is 1. The molecule has 0 aromatic carbocycles. The van der Waals surface area contributed by atoms with Crippen molar-refractivity contribution in [2.45, 2.75) is 30.2 Å². The lowest BCUT2D eigenvalue weighted by Gasteiger charge is -2.13. The molecular formula is C10H14N2O6S. The molecule has 1 aromatic heterocycles. The van der Waals surface area contributed by atoms with Crippen molar-refractivity contribution in [3.63, 3.8) is 0 Å². The molecule has 0 amide bonds. The summed E-state index contributed by atoms with van der Waals surface area (Å²) in [4.78, 5) is 23.8. The SMILES string of the molecule is O=C(O)CCC[C@@H](NS(=O)(=O)c1cc[nH]c1)C(=O)O. The molecule has 0 saturated carbocycles. The quantitative estimate of drug-likeness (QED) is 0.532. The predicted molar refractivity (Wildman–Crippen MR) is 64.0 cm³/mol. The summed E-state index contributed by atoms with van der Waals surface area (Å²) in [6, 6.07) is -0.0577. The zero-order valence-corrected chi connectivity index (χ0v) is 10.7. The van der Waals surface area contributed by atoms with Gasteiger partial charge >= 0.3 is 11.9 Å². The van der Waals surface area contributed by atoms with E-state index in [4.69, 9.17) is 10.2 Å². The van der Waals surface area contributed by atoms with Crippen LogP contribution in [0.25, 0.3) is 0 Å². The molecule has 8 nitrogen and oxygen atoms in total. The van der Waals surface area contributed by atoms with Crippen molar-refractivity contribution in [3.8, 4) is 0 Å². The zero-order chi connectivity index (χ0) is 14.5. The highest BCUT2D eigenvalue weighted by Crippen LogP contribution is 2.10. The number of nitrogens with one attached hydrogen (secondary N) is 2. The number of carboxylic acids is 2. The number of hydrogen-bond acceptors (Lipinski definition) is 4. The van der Waals surface area contributed by atoms with Crippen LogP contribution in [0.4, 0.5) is 0 Å². The van der Waals surface area contributed by atoms with Crippen LogP contribution >= 0.6 is 0 Å². The summed E-state index contributed by atoms with van der Waals surface area (Å²) < 4.78 is 25.6. The van der Waals surface area contributed by atoms with Crippen LogP contribution in [-0.2, 0) is 19.6 Å². The van der Waals surface area contributed by atoms with Crippen molar-refractivity contribution in [1.82, 2.24) is 9.71 Å². The third-order valence-corrected chi connectivity index (χ3v) is 3.83. The van der Waals surface area contributed by atoms with Crippen LogP contribution in [0.2, 0.25) is 0 Å². The molecule has 0 aliphatic rings. The Kier molecular flexibility index (Phi) is 5.07. The van der Waals surface area contributed by atoms with Gasteiger partial charge in [0.15, 0.2) is 0 Å². The molecular weight excluding hydrogens is 276 g/mol. The highest BCUT2D eigenvalue weighted by molar-refractivity contribution is 7.89. The number of carbonyl (C=O) groups is 2. The number of aromatic amines is 1. The Hall–Kier alpha value is -1.87. The molecule has 4 N–H and O–H groups in total. The summed E-state index contributed by atoms with van der Waals surface area (Å²) in [5.74, 6) is -2.40. The molecule has 0 unspecified atom stereocenters. The molecule has 0 bridgehead atoms. The fourth-order valence-corrected chi connectivity index (χ4v) is 2.62. The number of aliphatic carboxylic acids is 2. The van der Waals surface area contributed by atoms with E-state index < -0.39 is 28.0 Å². The molecule has 1 aromatic rings. The molecule has 106 valence electrons. The largest absolute Gasteiger partial charge is 0.481 e. The van der Waals surface area contributed by atoms with E-state index in [1.54, 1.807) is 0 Å². The molecule has 1 rings (SSSR count). The van der Waals surface area contributed by atoms with Crippen molar-refractivity contribution in [1.29, 1.82) is 0 Å². The van der Waals surface area contributed by atoms with Crippen LogP contribution in [0.15, 0.2) is 23.4 Å². The van der Waals surface area contributed by atoms with Gasteiger partial charge < -0.3 is 15.2 Å². The topological polar surface area (TPSA) is 137 Å². The fraction of sp³-hybridized carbons (Fsp3) is 0.400. The highest BCUT2D eigenvalue weighted by Gasteiger charge is 2.25. The van der Waals surface area contributed by atoms with Gasteiger partial charge in [-0.05, 0) is 18.9 Å². The van der Waals surface area contributed by atoms with Crippen molar-refractivity contribution in [2.24, 2.45) is 0 Å². The smallest absolute Gasteiger partial charge is 0.321 e. The Morgan fingerprint density at radius 1 is 1.37 bits per heavy atom. The van der Waals surface area contributed by atoms with Crippen molar-refractivity contribution in [3.05, 3.63) is 18.5 Å². The molecule has 0 spiro atoms. The number of carboxylic acid groups (broad SMARTS) is 2. The van der Waals surface area contributed by atoms with Gasteiger partial charge in [-0.3, -0.25) is 9.59 Å². The van der Waals surface area contributed by atoms with Gasteiger partial charge in [0, 0.05) is 18.8 Å². The lowest BCUT2D eigenvalue weighted by Crippen LogP contribution is -2.40. The van der Waals surface area contributed by atoms with Gasteiger partial charge in [-0.25, -0.2) is 8.42 Å². The summed E-state index contributed by atoms with van der Waals surface area (Å²) in [7, 11) is -3.92. The first-order chi connectivity index (χ1) is 8.83. The second kappa shape index (κ2) is 6.34. The van der Waals surface area contributed by atoms with Crippen LogP contribution < -0.4 is 4.72 Å². The molecule has 0 aliphatic heterocycles. The Balaban J connectivity index is 2.68. The van der Waals surface area contributed by atoms with Gasteiger partial charge in [-0.1, -0.05) is 0 Å². The van der Waals surface area contributed by atoms with E-state index in [2.05, 4.69) is 4.98 Å². The zero-order valence-electron chi connectivity index (χ0n) is 9.87. The number of rotatable bonds is 8. The monoisotopic (exact) mass is 290 g/mol. The van der Waals surface area contributed by atoms with Crippen LogP contribution in [-0.4, -0.2) is 41.6 Å².